The highest BCUT2D eigenvalue weighted by Gasteiger charge is 2.31. The van der Waals surface area contributed by atoms with Gasteiger partial charge in [0.25, 0.3) is 0 Å². The van der Waals surface area contributed by atoms with Crippen LogP contribution in [0.25, 0.3) is 0 Å². The van der Waals surface area contributed by atoms with Crippen LogP contribution >= 0.6 is 0 Å². The van der Waals surface area contributed by atoms with Gasteiger partial charge in [-0.3, -0.25) is 0 Å². The van der Waals surface area contributed by atoms with Crippen LogP contribution in [0.1, 0.15) is 12.8 Å². The second-order valence-electron chi connectivity index (χ2n) is 6.60. The number of piperidine rings is 1. The van der Waals surface area contributed by atoms with Crippen molar-refractivity contribution in [3.05, 3.63) is 48.3 Å². The Morgan fingerprint density at radius 3 is 2.59 bits per heavy atom. The molecule has 0 aliphatic carbocycles. The van der Waals surface area contributed by atoms with Gasteiger partial charge in [-0.1, -0.05) is 12.1 Å². The molecular weight excluding hydrogens is 373 g/mol. The van der Waals surface area contributed by atoms with E-state index in [0.717, 1.165) is 0 Å². The lowest BCUT2D eigenvalue weighted by Gasteiger charge is -2.31. The fourth-order valence-electron chi connectivity index (χ4n) is 3.27. The molecule has 0 amide bonds. The highest BCUT2D eigenvalue weighted by Crippen LogP contribution is 2.35. The Hall–Kier alpha value is -2.32. The summed E-state index contributed by atoms with van der Waals surface area (Å²) in [4.78, 5) is 0.202. The summed E-state index contributed by atoms with van der Waals surface area (Å²) in [5.41, 5.74) is 0. The van der Waals surface area contributed by atoms with Crippen molar-refractivity contribution >= 4 is 10.0 Å². The van der Waals surface area contributed by atoms with Crippen LogP contribution in [-0.4, -0.2) is 39.2 Å². The molecule has 2 aromatic rings. The van der Waals surface area contributed by atoms with Gasteiger partial charge in [-0.2, -0.15) is 4.31 Å². The van der Waals surface area contributed by atoms with Crippen LogP contribution in [0.3, 0.4) is 0 Å². The summed E-state index contributed by atoms with van der Waals surface area (Å²) in [7, 11) is -3.58. The second kappa shape index (κ2) is 7.36. The van der Waals surface area contributed by atoms with Crippen molar-refractivity contribution in [3.63, 3.8) is 0 Å². The number of benzene rings is 2. The monoisotopic (exact) mass is 393 g/mol. The number of halogens is 1. The first-order valence-electron chi connectivity index (χ1n) is 8.81. The Balaban J connectivity index is 1.36. The van der Waals surface area contributed by atoms with Gasteiger partial charge in [0.15, 0.2) is 23.1 Å². The van der Waals surface area contributed by atoms with Crippen LogP contribution < -0.4 is 14.2 Å². The molecular formula is C19H20FNO5S. The Morgan fingerprint density at radius 2 is 1.81 bits per heavy atom. The van der Waals surface area contributed by atoms with Gasteiger partial charge in [0.2, 0.25) is 16.8 Å². The summed E-state index contributed by atoms with van der Waals surface area (Å²) in [6.45, 7) is 1.29. The molecule has 0 N–H and O–H groups in total. The largest absolute Gasteiger partial charge is 0.490 e. The molecule has 2 aromatic carbocycles. The molecule has 0 aromatic heterocycles. The maximum atomic E-state index is 13.6. The van der Waals surface area contributed by atoms with E-state index in [2.05, 4.69) is 0 Å². The second-order valence-corrected chi connectivity index (χ2v) is 8.54. The number of rotatable bonds is 5. The fourth-order valence-corrected chi connectivity index (χ4v) is 4.76. The lowest BCUT2D eigenvalue weighted by molar-refractivity contribution is 0.173. The molecule has 2 aliphatic rings. The molecule has 1 fully saturated rings. The quantitative estimate of drug-likeness (QED) is 0.781. The number of sulfonamides is 1. The van der Waals surface area contributed by atoms with Gasteiger partial charge in [0.1, 0.15) is 0 Å². The Labute approximate surface area is 157 Å². The van der Waals surface area contributed by atoms with Crippen molar-refractivity contribution in [1.29, 1.82) is 0 Å². The van der Waals surface area contributed by atoms with Gasteiger partial charge in [-0.15, -0.1) is 0 Å². The molecule has 6 nitrogen and oxygen atoms in total. The van der Waals surface area contributed by atoms with Crippen LogP contribution in [0.2, 0.25) is 0 Å². The third-order valence-electron chi connectivity index (χ3n) is 4.87. The number of para-hydroxylation sites is 1. The van der Waals surface area contributed by atoms with Gasteiger partial charge in [-0.25, -0.2) is 12.8 Å². The minimum absolute atomic E-state index is 0.103. The van der Waals surface area contributed by atoms with Gasteiger partial charge in [0.05, 0.1) is 11.5 Å². The van der Waals surface area contributed by atoms with E-state index in [0.29, 0.717) is 44.0 Å². The zero-order chi connectivity index (χ0) is 18.9. The predicted molar refractivity (Wildman–Crippen MR) is 95.9 cm³/mol. The third-order valence-corrected chi connectivity index (χ3v) is 6.76. The molecule has 0 unspecified atom stereocenters. The lowest BCUT2D eigenvalue weighted by Crippen LogP contribution is -2.39. The first kappa shape index (κ1) is 18.1. The molecule has 8 heteroatoms. The number of fused-ring (bicyclic) bond motifs is 1. The average Bonchev–Trinajstić information content (AvgIpc) is 3.15. The molecule has 27 heavy (non-hydrogen) atoms. The zero-order valence-corrected chi connectivity index (χ0v) is 15.5. The SMILES string of the molecule is O=S(=O)(c1ccc2c(c1)OCO2)N1CCC(COc2ccccc2F)CC1. The number of hydrogen-bond donors (Lipinski definition) is 0. The van der Waals surface area contributed by atoms with E-state index < -0.39 is 10.0 Å². The predicted octanol–water partition coefficient (Wildman–Crippen LogP) is 3.03. The Kier molecular flexibility index (Phi) is 4.92. The zero-order valence-electron chi connectivity index (χ0n) is 14.6. The van der Waals surface area contributed by atoms with Gasteiger partial charge in [-0.05, 0) is 43.0 Å². The first-order valence-corrected chi connectivity index (χ1v) is 10.3. The molecule has 0 bridgehead atoms. The summed E-state index contributed by atoms with van der Waals surface area (Å²) in [5, 5.41) is 0. The van der Waals surface area contributed by atoms with Crippen molar-refractivity contribution in [1.82, 2.24) is 4.31 Å². The van der Waals surface area contributed by atoms with Crippen molar-refractivity contribution in [2.75, 3.05) is 26.5 Å². The minimum Gasteiger partial charge on any atom is -0.490 e. The summed E-state index contributed by atoms with van der Waals surface area (Å²) >= 11 is 0. The van der Waals surface area contributed by atoms with Gasteiger partial charge >= 0.3 is 0 Å². The summed E-state index contributed by atoms with van der Waals surface area (Å²) in [6, 6.07) is 10.9. The molecule has 144 valence electrons. The number of nitrogens with zero attached hydrogens (tertiary/aromatic N) is 1. The van der Waals surface area contributed by atoms with Gasteiger partial charge in [0, 0.05) is 19.2 Å². The van der Waals surface area contributed by atoms with Crippen LogP contribution in [0.4, 0.5) is 4.39 Å². The molecule has 1 saturated heterocycles. The van der Waals surface area contributed by atoms with E-state index in [1.54, 1.807) is 24.3 Å². The van der Waals surface area contributed by atoms with E-state index in [4.69, 9.17) is 14.2 Å². The smallest absolute Gasteiger partial charge is 0.243 e. The fraction of sp³-hybridized carbons (Fsp3) is 0.368. The van der Waals surface area contributed by atoms with Crippen LogP contribution in [0.15, 0.2) is 47.4 Å². The van der Waals surface area contributed by atoms with E-state index in [1.165, 1.54) is 22.5 Å². The molecule has 0 saturated carbocycles. The van der Waals surface area contributed by atoms with Gasteiger partial charge < -0.3 is 14.2 Å². The van der Waals surface area contributed by atoms with Crippen LogP contribution in [-0.2, 0) is 10.0 Å². The normalized spacial score (nSPS) is 17.8. The average molecular weight is 393 g/mol. The van der Waals surface area contributed by atoms with Crippen molar-refractivity contribution in [2.24, 2.45) is 5.92 Å². The Morgan fingerprint density at radius 1 is 1.07 bits per heavy atom. The topological polar surface area (TPSA) is 65.1 Å². The summed E-state index contributed by atoms with van der Waals surface area (Å²) in [6.07, 6.45) is 1.33. The van der Waals surface area contributed by atoms with Crippen LogP contribution in [0.5, 0.6) is 17.2 Å². The third kappa shape index (κ3) is 3.72. The highest BCUT2D eigenvalue weighted by molar-refractivity contribution is 7.89. The molecule has 2 heterocycles. The summed E-state index contributed by atoms with van der Waals surface area (Å²) < 4.78 is 56.9. The minimum atomic E-state index is -3.58. The molecule has 0 spiro atoms. The van der Waals surface area contributed by atoms with E-state index >= 15 is 0 Å². The number of hydrogen-bond acceptors (Lipinski definition) is 5. The lowest BCUT2D eigenvalue weighted by atomic mass is 9.99. The van der Waals surface area contributed by atoms with Crippen LogP contribution in [0, 0.1) is 11.7 Å². The number of ether oxygens (including phenoxy) is 3. The van der Waals surface area contributed by atoms with Crippen molar-refractivity contribution in [2.45, 2.75) is 17.7 Å². The molecule has 4 rings (SSSR count). The molecule has 0 atom stereocenters. The molecule has 2 aliphatic heterocycles. The van der Waals surface area contributed by atoms with E-state index in [-0.39, 0.29) is 29.2 Å². The van der Waals surface area contributed by atoms with Crippen molar-refractivity contribution < 1.29 is 27.0 Å². The Bertz CT molecular complexity index is 925. The maximum absolute atomic E-state index is 13.6. The highest BCUT2D eigenvalue weighted by atomic mass is 32.2. The maximum Gasteiger partial charge on any atom is 0.243 e. The first-order chi connectivity index (χ1) is 13.0. The molecule has 0 radical (unpaired) electrons. The van der Waals surface area contributed by atoms with E-state index in [1.807, 2.05) is 0 Å². The van der Waals surface area contributed by atoms with E-state index in [9.17, 15) is 12.8 Å². The summed E-state index contributed by atoms with van der Waals surface area (Å²) in [5.74, 6) is 1.03. The van der Waals surface area contributed by atoms with Crippen molar-refractivity contribution in [3.8, 4) is 17.2 Å². The standard InChI is InChI=1S/C19H20FNO5S/c20-16-3-1-2-4-17(16)24-12-14-7-9-21(10-8-14)27(22,23)15-5-6-18-19(11-15)26-13-25-18/h1-6,11,14H,7-10,12-13H2.